The maximum Gasteiger partial charge on any atom is 0.262 e. The normalized spacial score (nSPS) is 10.0. The molecule has 0 aromatic heterocycles. The van der Waals surface area contributed by atoms with Crippen LogP contribution in [0.4, 0.5) is 5.69 Å². The molecule has 0 heterocycles. The number of rotatable bonds is 6. The van der Waals surface area contributed by atoms with Crippen LogP contribution in [0.15, 0.2) is 42.5 Å². The Morgan fingerprint density at radius 2 is 1.91 bits per heavy atom. The van der Waals surface area contributed by atoms with Crippen LogP contribution in [-0.4, -0.2) is 25.5 Å². The number of methoxy groups -OCH3 is 1. The molecule has 0 aliphatic rings. The van der Waals surface area contributed by atoms with Crippen LogP contribution in [0.2, 0.25) is 5.02 Å². The van der Waals surface area contributed by atoms with Gasteiger partial charge in [0.05, 0.1) is 17.7 Å². The van der Waals surface area contributed by atoms with Gasteiger partial charge in [0.15, 0.2) is 6.61 Å². The Morgan fingerprint density at radius 3 is 2.57 bits per heavy atom. The first-order valence-electron chi connectivity index (χ1n) is 6.66. The van der Waals surface area contributed by atoms with Crippen LogP contribution >= 0.6 is 11.6 Å². The summed E-state index contributed by atoms with van der Waals surface area (Å²) in [6, 6.07) is 11.3. The van der Waals surface area contributed by atoms with Crippen molar-refractivity contribution in [2.24, 2.45) is 5.73 Å². The summed E-state index contributed by atoms with van der Waals surface area (Å²) in [5.41, 5.74) is 5.97. The molecule has 2 amide bonds. The highest BCUT2D eigenvalue weighted by molar-refractivity contribution is 6.32. The van der Waals surface area contributed by atoms with Gasteiger partial charge in [0.25, 0.3) is 11.8 Å². The molecule has 0 aliphatic carbocycles. The number of carbonyl (C=O) groups excluding carboxylic acids is 2. The minimum Gasteiger partial charge on any atom is -0.495 e. The van der Waals surface area contributed by atoms with Gasteiger partial charge < -0.3 is 20.5 Å². The highest BCUT2D eigenvalue weighted by Crippen LogP contribution is 2.27. The summed E-state index contributed by atoms with van der Waals surface area (Å²) in [5.74, 6) is -0.257. The average Bonchev–Trinajstić information content (AvgIpc) is 2.53. The molecule has 23 heavy (non-hydrogen) atoms. The van der Waals surface area contributed by atoms with E-state index in [9.17, 15) is 9.59 Å². The molecule has 0 unspecified atom stereocenters. The lowest BCUT2D eigenvalue weighted by atomic mass is 10.2. The quantitative estimate of drug-likeness (QED) is 0.849. The number of halogens is 1. The Bertz CT molecular complexity index is 734. The van der Waals surface area contributed by atoms with E-state index >= 15 is 0 Å². The van der Waals surface area contributed by atoms with Crippen LogP contribution < -0.4 is 20.5 Å². The zero-order valence-electron chi connectivity index (χ0n) is 12.3. The molecule has 0 atom stereocenters. The van der Waals surface area contributed by atoms with Crippen LogP contribution in [0.3, 0.4) is 0 Å². The first kappa shape index (κ1) is 16.6. The van der Waals surface area contributed by atoms with Gasteiger partial charge in [-0.2, -0.15) is 0 Å². The molecule has 3 N–H and O–H groups in total. The smallest absolute Gasteiger partial charge is 0.262 e. The molecule has 6 nitrogen and oxygen atoms in total. The number of ether oxygens (including phenoxy) is 2. The lowest BCUT2D eigenvalue weighted by Crippen LogP contribution is -2.21. The van der Waals surface area contributed by atoms with Crippen LogP contribution in [0, 0.1) is 0 Å². The number of nitrogens with two attached hydrogens (primary N) is 1. The van der Waals surface area contributed by atoms with Crippen molar-refractivity contribution in [1.29, 1.82) is 0 Å². The number of primary amides is 1. The van der Waals surface area contributed by atoms with E-state index in [0.29, 0.717) is 16.5 Å². The molecule has 0 radical (unpaired) electrons. The largest absolute Gasteiger partial charge is 0.495 e. The van der Waals surface area contributed by atoms with E-state index in [1.807, 2.05) is 0 Å². The van der Waals surface area contributed by atoms with Gasteiger partial charge in [-0.3, -0.25) is 9.59 Å². The molecular weight excluding hydrogens is 320 g/mol. The third-order valence-corrected chi connectivity index (χ3v) is 3.24. The topological polar surface area (TPSA) is 90.7 Å². The summed E-state index contributed by atoms with van der Waals surface area (Å²) < 4.78 is 10.4. The fourth-order valence-corrected chi connectivity index (χ4v) is 2.14. The Hall–Kier alpha value is -2.73. The fraction of sp³-hybridized carbons (Fsp3) is 0.125. The molecule has 0 saturated heterocycles. The Kier molecular flexibility index (Phi) is 5.43. The lowest BCUT2D eigenvalue weighted by Gasteiger charge is -2.10. The predicted octanol–water partition coefficient (Wildman–Crippen LogP) is 2.46. The van der Waals surface area contributed by atoms with Crippen molar-refractivity contribution in [1.82, 2.24) is 0 Å². The molecule has 0 bridgehead atoms. The minimum atomic E-state index is -0.622. The number of anilines is 1. The molecule has 0 aliphatic heterocycles. The van der Waals surface area contributed by atoms with Crippen molar-refractivity contribution < 1.29 is 19.1 Å². The van der Waals surface area contributed by atoms with Crippen molar-refractivity contribution in [2.45, 2.75) is 0 Å². The van der Waals surface area contributed by atoms with E-state index in [2.05, 4.69) is 5.32 Å². The van der Waals surface area contributed by atoms with Crippen LogP contribution in [0.1, 0.15) is 10.4 Å². The van der Waals surface area contributed by atoms with Crippen molar-refractivity contribution in [3.8, 4) is 11.5 Å². The molecule has 120 valence electrons. The zero-order chi connectivity index (χ0) is 16.8. The summed E-state index contributed by atoms with van der Waals surface area (Å²) in [6.45, 7) is -0.270. The van der Waals surface area contributed by atoms with Gasteiger partial charge in [0.2, 0.25) is 0 Å². The number of para-hydroxylation sites is 1. The summed E-state index contributed by atoms with van der Waals surface area (Å²) in [5, 5.41) is 3.01. The summed E-state index contributed by atoms with van der Waals surface area (Å²) in [7, 11) is 1.50. The molecule has 2 aromatic rings. The average molecular weight is 335 g/mol. The van der Waals surface area contributed by atoms with Crippen LogP contribution in [0.5, 0.6) is 11.5 Å². The van der Waals surface area contributed by atoms with E-state index in [-0.39, 0.29) is 17.9 Å². The van der Waals surface area contributed by atoms with Gasteiger partial charge in [-0.15, -0.1) is 0 Å². The number of amides is 2. The molecule has 2 aromatic carbocycles. The molecule has 0 saturated carbocycles. The summed E-state index contributed by atoms with van der Waals surface area (Å²) in [6.07, 6.45) is 0. The van der Waals surface area contributed by atoms with E-state index in [0.717, 1.165) is 0 Å². The monoisotopic (exact) mass is 334 g/mol. The number of hydrogen-bond acceptors (Lipinski definition) is 4. The van der Waals surface area contributed by atoms with E-state index in [4.69, 9.17) is 26.8 Å². The SMILES string of the molecule is COc1ccc(NC(=O)COc2ccccc2C(N)=O)cc1Cl. The van der Waals surface area contributed by atoms with E-state index < -0.39 is 11.8 Å². The van der Waals surface area contributed by atoms with Crippen molar-refractivity contribution >= 4 is 29.1 Å². The third kappa shape index (κ3) is 4.37. The van der Waals surface area contributed by atoms with E-state index in [1.54, 1.807) is 36.4 Å². The molecule has 2 rings (SSSR count). The van der Waals surface area contributed by atoms with Gasteiger partial charge >= 0.3 is 0 Å². The number of carbonyl (C=O) groups is 2. The van der Waals surface area contributed by atoms with Gasteiger partial charge in [-0.25, -0.2) is 0 Å². The van der Waals surface area contributed by atoms with Crippen molar-refractivity contribution in [3.63, 3.8) is 0 Å². The Labute approximate surface area is 138 Å². The standard InChI is InChI=1S/C16H15ClN2O4/c1-22-14-7-6-10(8-12(14)17)19-15(20)9-23-13-5-3-2-4-11(13)16(18)21/h2-8H,9H2,1H3,(H2,18,21)(H,19,20). The highest BCUT2D eigenvalue weighted by Gasteiger charge is 2.11. The van der Waals surface area contributed by atoms with Gasteiger partial charge in [0.1, 0.15) is 11.5 Å². The maximum absolute atomic E-state index is 11.9. The summed E-state index contributed by atoms with van der Waals surface area (Å²) >= 11 is 5.98. The molecule has 0 fully saturated rings. The maximum atomic E-state index is 11.9. The second-order valence-electron chi connectivity index (χ2n) is 4.55. The van der Waals surface area contributed by atoms with Gasteiger partial charge in [0, 0.05) is 5.69 Å². The van der Waals surface area contributed by atoms with Gasteiger partial charge in [-0.1, -0.05) is 23.7 Å². The summed E-state index contributed by atoms with van der Waals surface area (Å²) in [4.78, 5) is 23.2. The number of nitrogens with one attached hydrogen (secondary N) is 1. The first-order chi connectivity index (χ1) is 11.0. The number of benzene rings is 2. The molecular formula is C16H15ClN2O4. The highest BCUT2D eigenvalue weighted by atomic mass is 35.5. The van der Waals surface area contributed by atoms with Gasteiger partial charge in [-0.05, 0) is 30.3 Å². The van der Waals surface area contributed by atoms with E-state index in [1.165, 1.54) is 13.2 Å². The second kappa shape index (κ2) is 7.51. The van der Waals surface area contributed by atoms with Crippen molar-refractivity contribution in [2.75, 3.05) is 19.0 Å². The fourth-order valence-electron chi connectivity index (χ4n) is 1.88. The Morgan fingerprint density at radius 1 is 1.17 bits per heavy atom. The van der Waals surface area contributed by atoms with Crippen LogP contribution in [-0.2, 0) is 4.79 Å². The minimum absolute atomic E-state index is 0.216. The first-order valence-corrected chi connectivity index (χ1v) is 7.04. The third-order valence-electron chi connectivity index (χ3n) is 2.95. The van der Waals surface area contributed by atoms with Crippen molar-refractivity contribution in [3.05, 3.63) is 53.1 Å². The zero-order valence-corrected chi connectivity index (χ0v) is 13.1. The molecule has 0 spiro atoms. The predicted molar refractivity (Wildman–Crippen MR) is 87.1 cm³/mol. The number of hydrogen-bond donors (Lipinski definition) is 2. The Balaban J connectivity index is 1.98. The second-order valence-corrected chi connectivity index (χ2v) is 4.95. The van der Waals surface area contributed by atoms with Crippen LogP contribution in [0.25, 0.3) is 0 Å². The lowest BCUT2D eigenvalue weighted by molar-refractivity contribution is -0.118. The molecule has 7 heteroatoms.